The number of carbonyl (C=O) groups excluding carboxylic acids is 1. The number of allylic oxidation sites excluding steroid dienone is 1. The van der Waals surface area contributed by atoms with E-state index in [1.165, 1.54) is 0 Å². The minimum Gasteiger partial charge on any atom is -0.493 e. The Kier molecular flexibility index (Phi) is 4.59. The van der Waals surface area contributed by atoms with E-state index in [4.69, 9.17) is 4.74 Å². The third kappa shape index (κ3) is 3.70. The van der Waals surface area contributed by atoms with Crippen LogP contribution in [0.5, 0.6) is 5.75 Å². The molecule has 0 aliphatic heterocycles. The predicted octanol–water partition coefficient (Wildman–Crippen LogP) is 4.23. The molecular formula is C15H17BrO2. The third-order valence-electron chi connectivity index (χ3n) is 2.84. The first kappa shape index (κ1) is 13.3. The van der Waals surface area contributed by atoms with Crippen molar-refractivity contribution < 1.29 is 9.53 Å². The summed E-state index contributed by atoms with van der Waals surface area (Å²) in [5.74, 6) is 1.34. The molecule has 18 heavy (non-hydrogen) atoms. The molecule has 1 fully saturated rings. The van der Waals surface area contributed by atoms with Crippen molar-refractivity contribution in [1.82, 2.24) is 0 Å². The van der Waals surface area contributed by atoms with Crippen LogP contribution in [0.15, 0.2) is 28.7 Å². The quantitative estimate of drug-likeness (QED) is 0.735. The average Bonchev–Trinajstić information content (AvgIpc) is 3.19. The first-order chi connectivity index (χ1) is 8.70. The van der Waals surface area contributed by atoms with Crippen LogP contribution >= 0.6 is 15.9 Å². The van der Waals surface area contributed by atoms with Crippen LogP contribution in [-0.4, -0.2) is 12.4 Å². The highest BCUT2D eigenvalue weighted by Gasteiger charge is 2.27. The molecule has 0 aromatic heterocycles. The van der Waals surface area contributed by atoms with Gasteiger partial charge in [-0.1, -0.05) is 22.9 Å². The van der Waals surface area contributed by atoms with Crippen molar-refractivity contribution in [1.29, 1.82) is 0 Å². The Hall–Kier alpha value is -1.09. The van der Waals surface area contributed by atoms with Crippen LogP contribution in [-0.2, 0) is 4.79 Å². The Balaban J connectivity index is 2.12. The highest BCUT2D eigenvalue weighted by molar-refractivity contribution is 9.10. The largest absolute Gasteiger partial charge is 0.493 e. The summed E-state index contributed by atoms with van der Waals surface area (Å²) < 4.78 is 6.66. The first-order valence-electron chi connectivity index (χ1n) is 6.35. The Bertz CT molecular complexity index is 462. The SMILES string of the molecule is CCCOc1ccc(Br)cc1/C=C/C(=O)C1CC1. The topological polar surface area (TPSA) is 26.3 Å². The van der Waals surface area contributed by atoms with Crippen molar-refractivity contribution in [2.24, 2.45) is 5.92 Å². The number of rotatable bonds is 6. The standard InChI is InChI=1S/C15H17BrO2/c1-2-9-18-15-8-6-13(16)10-12(15)5-7-14(17)11-3-4-11/h5-8,10-11H,2-4,9H2,1H3/b7-5+. The fourth-order valence-electron chi connectivity index (χ4n) is 1.67. The molecule has 0 bridgehead atoms. The molecule has 0 heterocycles. The van der Waals surface area contributed by atoms with Gasteiger partial charge in [0, 0.05) is 16.0 Å². The third-order valence-corrected chi connectivity index (χ3v) is 3.33. The van der Waals surface area contributed by atoms with Crippen molar-refractivity contribution in [3.63, 3.8) is 0 Å². The molecule has 1 aromatic carbocycles. The predicted molar refractivity (Wildman–Crippen MR) is 76.7 cm³/mol. The van der Waals surface area contributed by atoms with Gasteiger partial charge in [-0.05, 0) is 49.6 Å². The molecule has 3 heteroatoms. The minimum absolute atomic E-state index is 0.233. The van der Waals surface area contributed by atoms with Crippen LogP contribution in [0.2, 0.25) is 0 Å². The summed E-state index contributed by atoms with van der Waals surface area (Å²) in [6.07, 6.45) is 6.59. The number of ether oxygens (including phenoxy) is 1. The normalized spacial score (nSPS) is 15.0. The fraction of sp³-hybridized carbons (Fsp3) is 0.400. The van der Waals surface area contributed by atoms with Gasteiger partial charge in [0.05, 0.1) is 6.61 Å². The average molecular weight is 309 g/mol. The summed E-state index contributed by atoms with van der Waals surface area (Å²) in [7, 11) is 0. The van der Waals surface area contributed by atoms with E-state index >= 15 is 0 Å². The Morgan fingerprint density at radius 1 is 1.50 bits per heavy atom. The van der Waals surface area contributed by atoms with E-state index < -0.39 is 0 Å². The molecule has 96 valence electrons. The molecule has 0 spiro atoms. The smallest absolute Gasteiger partial charge is 0.158 e. The van der Waals surface area contributed by atoms with Gasteiger partial charge < -0.3 is 4.74 Å². The molecule has 1 saturated carbocycles. The lowest BCUT2D eigenvalue weighted by atomic mass is 10.1. The molecule has 1 aliphatic carbocycles. The van der Waals surface area contributed by atoms with Gasteiger partial charge in [0.2, 0.25) is 0 Å². The van der Waals surface area contributed by atoms with E-state index in [-0.39, 0.29) is 11.7 Å². The van der Waals surface area contributed by atoms with Crippen LogP contribution in [0.25, 0.3) is 6.08 Å². The number of carbonyl (C=O) groups is 1. The van der Waals surface area contributed by atoms with Crippen LogP contribution in [0.3, 0.4) is 0 Å². The van der Waals surface area contributed by atoms with E-state index in [1.807, 2.05) is 24.3 Å². The van der Waals surface area contributed by atoms with Crippen molar-refractivity contribution in [3.05, 3.63) is 34.3 Å². The Morgan fingerprint density at radius 2 is 2.28 bits per heavy atom. The Morgan fingerprint density at radius 3 is 2.94 bits per heavy atom. The maximum absolute atomic E-state index is 11.6. The fourth-order valence-corrected chi connectivity index (χ4v) is 2.05. The zero-order valence-electron chi connectivity index (χ0n) is 10.5. The molecular weight excluding hydrogens is 292 g/mol. The second-order valence-electron chi connectivity index (χ2n) is 4.54. The molecule has 2 rings (SSSR count). The number of hydrogen-bond acceptors (Lipinski definition) is 2. The van der Waals surface area contributed by atoms with E-state index in [1.54, 1.807) is 6.08 Å². The number of benzene rings is 1. The van der Waals surface area contributed by atoms with E-state index in [0.29, 0.717) is 6.61 Å². The van der Waals surface area contributed by atoms with E-state index in [2.05, 4.69) is 22.9 Å². The monoisotopic (exact) mass is 308 g/mol. The maximum Gasteiger partial charge on any atom is 0.158 e. The molecule has 1 aliphatic rings. The second kappa shape index (κ2) is 6.19. The van der Waals surface area contributed by atoms with Crippen molar-refractivity contribution in [3.8, 4) is 5.75 Å². The van der Waals surface area contributed by atoms with Gasteiger partial charge in [-0.15, -0.1) is 0 Å². The number of hydrogen-bond donors (Lipinski definition) is 0. The van der Waals surface area contributed by atoms with Gasteiger partial charge in [0.15, 0.2) is 5.78 Å². The minimum atomic E-state index is 0.233. The molecule has 0 unspecified atom stereocenters. The molecule has 0 N–H and O–H groups in total. The summed E-state index contributed by atoms with van der Waals surface area (Å²) in [5, 5.41) is 0. The summed E-state index contributed by atoms with van der Waals surface area (Å²) in [5.41, 5.74) is 0.951. The summed E-state index contributed by atoms with van der Waals surface area (Å²) >= 11 is 3.44. The van der Waals surface area contributed by atoms with E-state index in [9.17, 15) is 4.79 Å². The van der Waals surface area contributed by atoms with Gasteiger partial charge in [-0.25, -0.2) is 0 Å². The second-order valence-corrected chi connectivity index (χ2v) is 5.46. The highest BCUT2D eigenvalue weighted by Crippen LogP contribution is 2.31. The van der Waals surface area contributed by atoms with E-state index in [0.717, 1.165) is 35.0 Å². The molecule has 2 nitrogen and oxygen atoms in total. The van der Waals surface area contributed by atoms with Gasteiger partial charge in [0.1, 0.15) is 5.75 Å². The van der Waals surface area contributed by atoms with Crippen LogP contribution < -0.4 is 4.74 Å². The van der Waals surface area contributed by atoms with Crippen molar-refractivity contribution in [2.45, 2.75) is 26.2 Å². The lowest BCUT2D eigenvalue weighted by Crippen LogP contribution is -1.98. The molecule has 0 saturated heterocycles. The molecule has 1 aromatic rings. The zero-order chi connectivity index (χ0) is 13.0. The molecule has 0 atom stereocenters. The number of halogens is 1. The van der Waals surface area contributed by atoms with Crippen LogP contribution in [0.4, 0.5) is 0 Å². The van der Waals surface area contributed by atoms with Crippen LogP contribution in [0, 0.1) is 5.92 Å². The summed E-state index contributed by atoms with van der Waals surface area (Å²) in [6, 6.07) is 5.85. The van der Waals surface area contributed by atoms with Crippen molar-refractivity contribution >= 4 is 27.8 Å². The Labute approximate surface area is 116 Å². The zero-order valence-corrected chi connectivity index (χ0v) is 12.1. The maximum atomic E-state index is 11.6. The van der Waals surface area contributed by atoms with Gasteiger partial charge in [-0.3, -0.25) is 4.79 Å². The first-order valence-corrected chi connectivity index (χ1v) is 7.14. The summed E-state index contributed by atoms with van der Waals surface area (Å²) in [6.45, 7) is 2.77. The van der Waals surface area contributed by atoms with Gasteiger partial charge in [0.25, 0.3) is 0 Å². The van der Waals surface area contributed by atoms with Gasteiger partial charge >= 0.3 is 0 Å². The number of ketones is 1. The molecule has 0 radical (unpaired) electrons. The van der Waals surface area contributed by atoms with Crippen molar-refractivity contribution in [2.75, 3.05) is 6.61 Å². The van der Waals surface area contributed by atoms with Gasteiger partial charge in [-0.2, -0.15) is 0 Å². The highest BCUT2D eigenvalue weighted by atomic mass is 79.9. The summed E-state index contributed by atoms with van der Waals surface area (Å²) in [4.78, 5) is 11.6. The lowest BCUT2D eigenvalue weighted by molar-refractivity contribution is -0.115. The molecule has 0 amide bonds. The van der Waals surface area contributed by atoms with Crippen LogP contribution in [0.1, 0.15) is 31.7 Å². The lowest BCUT2D eigenvalue weighted by Gasteiger charge is -2.08.